The molecule has 2 amide bonds. The zero-order valence-electron chi connectivity index (χ0n) is 20.1. The molecule has 0 N–H and O–H groups in total. The first-order valence-electron chi connectivity index (χ1n) is 11.0. The Morgan fingerprint density at radius 3 is 2.24 bits per heavy atom. The fraction of sp³-hybridized carbons (Fsp3) is 0.160. The fourth-order valence-corrected chi connectivity index (χ4v) is 5.73. The van der Waals surface area contributed by atoms with Gasteiger partial charge in [0.05, 0.1) is 32.6 Å². The molecule has 5 rings (SSSR count). The zero-order chi connectivity index (χ0) is 26.2. The van der Waals surface area contributed by atoms with Crippen LogP contribution in [0.3, 0.4) is 0 Å². The third-order valence-electron chi connectivity index (χ3n) is 5.79. The van der Waals surface area contributed by atoms with Crippen LogP contribution in [-0.2, 0) is 16.6 Å². The van der Waals surface area contributed by atoms with Crippen LogP contribution in [0.5, 0.6) is 17.2 Å². The van der Waals surface area contributed by atoms with Crippen LogP contribution in [-0.4, -0.2) is 45.9 Å². The van der Waals surface area contributed by atoms with E-state index in [4.69, 9.17) is 18.7 Å². The Balaban J connectivity index is 1.57. The van der Waals surface area contributed by atoms with Crippen molar-refractivity contribution in [1.82, 2.24) is 10.1 Å². The number of sulfonamides is 1. The van der Waals surface area contributed by atoms with Crippen molar-refractivity contribution < 1.29 is 31.9 Å². The van der Waals surface area contributed by atoms with Gasteiger partial charge in [0.25, 0.3) is 10.0 Å². The summed E-state index contributed by atoms with van der Waals surface area (Å²) < 4.78 is 49.4. The highest BCUT2D eigenvalue weighted by atomic mass is 32.2. The average molecular weight is 523 g/mol. The molecule has 1 aliphatic rings. The molecule has 0 saturated carbocycles. The lowest BCUT2D eigenvalue weighted by Crippen LogP contribution is -2.50. The number of urea groups is 1. The minimum atomic E-state index is -4.23. The van der Waals surface area contributed by atoms with Crippen molar-refractivity contribution in [2.45, 2.75) is 11.4 Å². The van der Waals surface area contributed by atoms with Crippen LogP contribution in [0.25, 0.3) is 11.4 Å². The predicted molar refractivity (Wildman–Crippen MR) is 134 cm³/mol. The van der Waals surface area contributed by atoms with Gasteiger partial charge in [-0.2, -0.15) is 9.29 Å². The summed E-state index contributed by atoms with van der Waals surface area (Å²) in [6.45, 7) is -0.184. The van der Waals surface area contributed by atoms with Crippen molar-refractivity contribution in [1.29, 1.82) is 0 Å². The number of carbonyl (C=O) groups excluding carboxylic acids is 1. The molecule has 0 spiro atoms. The summed E-state index contributed by atoms with van der Waals surface area (Å²) in [5, 5.41) is 4.04. The quantitative estimate of drug-likeness (QED) is 0.353. The molecule has 0 bridgehead atoms. The molecule has 1 aromatic heterocycles. The number of benzene rings is 3. The van der Waals surface area contributed by atoms with Crippen LogP contribution < -0.4 is 23.4 Å². The van der Waals surface area contributed by atoms with Gasteiger partial charge in [-0.25, -0.2) is 13.2 Å². The van der Waals surface area contributed by atoms with Gasteiger partial charge < -0.3 is 18.7 Å². The minimum absolute atomic E-state index is 0.0466. The maximum Gasteiger partial charge on any atom is 0.343 e. The van der Waals surface area contributed by atoms with Gasteiger partial charge in [0, 0.05) is 0 Å². The minimum Gasteiger partial charge on any atom is -0.495 e. The molecule has 0 saturated heterocycles. The summed E-state index contributed by atoms with van der Waals surface area (Å²) in [6.07, 6.45) is 0. The molecule has 4 aromatic rings. The van der Waals surface area contributed by atoms with E-state index < -0.39 is 16.1 Å². The summed E-state index contributed by atoms with van der Waals surface area (Å²) >= 11 is 0. The van der Waals surface area contributed by atoms with Gasteiger partial charge in [-0.3, -0.25) is 4.90 Å². The van der Waals surface area contributed by atoms with Crippen molar-refractivity contribution in [3.05, 3.63) is 72.6 Å². The van der Waals surface area contributed by atoms with Gasteiger partial charge in [0.2, 0.25) is 11.7 Å². The molecule has 12 heteroatoms. The highest BCUT2D eigenvalue weighted by Gasteiger charge is 2.44. The lowest BCUT2D eigenvalue weighted by atomic mass is 10.1. The molecule has 37 heavy (non-hydrogen) atoms. The molecule has 0 radical (unpaired) electrons. The van der Waals surface area contributed by atoms with Gasteiger partial charge in [-0.1, -0.05) is 35.5 Å². The highest BCUT2D eigenvalue weighted by Crippen LogP contribution is 2.41. The van der Waals surface area contributed by atoms with Crippen LogP contribution in [0, 0.1) is 0 Å². The first-order chi connectivity index (χ1) is 17.9. The van der Waals surface area contributed by atoms with Crippen LogP contribution in [0.1, 0.15) is 5.89 Å². The third kappa shape index (κ3) is 4.00. The SMILES string of the molecule is COc1ccccc1N1C(=O)N(Cc2nc(-c3cccc(OC)c3OC)no2)c2ccccc2S1(=O)=O. The first-order valence-corrected chi connectivity index (χ1v) is 12.5. The number of carbonyl (C=O) groups is 1. The summed E-state index contributed by atoms with van der Waals surface area (Å²) in [6, 6.07) is 17.0. The number of hydrogen-bond acceptors (Lipinski definition) is 9. The third-order valence-corrected chi connectivity index (χ3v) is 7.52. The van der Waals surface area contributed by atoms with Crippen LogP contribution in [0.2, 0.25) is 0 Å². The second-order valence-electron chi connectivity index (χ2n) is 7.83. The monoisotopic (exact) mass is 522 g/mol. The fourth-order valence-electron chi connectivity index (χ4n) is 4.12. The van der Waals surface area contributed by atoms with Crippen LogP contribution in [0.4, 0.5) is 16.2 Å². The van der Waals surface area contributed by atoms with Crippen molar-refractivity contribution in [3.8, 4) is 28.6 Å². The number of nitrogens with zero attached hydrogens (tertiary/aromatic N) is 4. The Morgan fingerprint density at radius 1 is 0.838 bits per heavy atom. The van der Waals surface area contributed by atoms with Gasteiger partial charge in [-0.15, -0.1) is 0 Å². The number of ether oxygens (including phenoxy) is 3. The van der Waals surface area contributed by atoms with E-state index in [1.165, 1.54) is 38.4 Å². The van der Waals surface area contributed by atoms with Gasteiger partial charge >= 0.3 is 6.03 Å². The number of anilines is 2. The van der Waals surface area contributed by atoms with Gasteiger partial charge in [0.1, 0.15) is 22.9 Å². The molecule has 190 valence electrons. The van der Waals surface area contributed by atoms with Gasteiger partial charge in [-0.05, 0) is 36.4 Å². The standard InChI is InChI=1S/C25H22N4O7S/c1-33-19-12-6-4-10-17(19)29-25(30)28(18-11-5-7-14-21(18)37(29,31)32)15-22-26-24(27-36-22)16-9-8-13-20(34-2)23(16)35-3/h4-14H,15H2,1-3H3. The van der Waals surface area contributed by atoms with Crippen LogP contribution in [0.15, 0.2) is 76.1 Å². The lowest BCUT2D eigenvalue weighted by molar-refractivity contribution is 0.252. The van der Waals surface area contributed by atoms with Crippen molar-refractivity contribution >= 4 is 27.4 Å². The van der Waals surface area contributed by atoms with Crippen molar-refractivity contribution in [3.63, 3.8) is 0 Å². The van der Waals surface area contributed by atoms with E-state index in [0.29, 0.717) is 17.1 Å². The largest absolute Gasteiger partial charge is 0.495 e. The Bertz CT molecular complexity index is 1590. The topological polar surface area (TPSA) is 124 Å². The molecule has 11 nitrogen and oxygen atoms in total. The first kappa shape index (κ1) is 24.1. The Labute approximate surface area is 212 Å². The van der Waals surface area contributed by atoms with E-state index in [0.717, 1.165) is 4.31 Å². The van der Waals surface area contributed by atoms with E-state index in [2.05, 4.69) is 10.1 Å². The second-order valence-corrected chi connectivity index (χ2v) is 9.59. The van der Waals surface area contributed by atoms with E-state index >= 15 is 0 Å². The smallest absolute Gasteiger partial charge is 0.343 e. The molecule has 0 aliphatic carbocycles. The molecule has 0 atom stereocenters. The molecule has 1 aliphatic heterocycles. The summed E-state index contributed by atoms with van der Waals surface area (Å²) in [5.41, 5.74) is 0.805. The molecule has 3 aromatic carbocycles. The molecule has 2 heterocycles. The molecular formula is C25H22N4O7S. The van der Waals surface area contributed by atoms with Crippen molar-refractivity contribution in [2.24, 2.45) is 0 Å². The molecule has 0 unspecified atom stereocenters. The number of amides is 2. The second kappa shape index (κ2) is 9.47. The number of rotatable bonds is 7. The number of hydrogen-bond donors (Lipinski definition) is 0. The summed E-state index contributed by atoms with van der Waals surface area (Å²) in [7, 11) is 0.186. The lowest BCUT2D eigenvalue weighted by Gasteiger charge is -2.35. The summed E-state index contributed by atoms with van der Waals surface area (Å²) in [4.78, 5) is 19.4. The number of methoxy groups -OCH3 is 3. The van der Waals surface area contributed by atoms with Crippen molar-refractivity contribution in [2.75, 3.05) is 30.5 Å². The summed E-state index contributed by atoms with van der Waals surface area (Å²) in [5.74, 6) is 1.44. The number of fused-ring (bicyclic) bond motifs is 1. The maximum atomic E-state index is 13.7. The normalized spacial score (nSPS) is 14.3. The predicted octanol–water partition coefficient (Wildman–Crippen LogP) is 4.10. The number of aromatic nitrogens is 2. The van der Waals surface area contributed by atoms with Crippen LogP contribution >= 0.6 is 0 Å². The Morgan fingerprint density at radius 2 is 1.51 bits per heavy atom. The highest BCUT2D eigenvalue weighted by molar-refractivity contribution is 7.94. The van der Waals surface area contributed by atoms with Gasteiger partial charge in [0.15, 0.2) is 11.5 Å². The molecular weight excluding hydrogens is 500 g/mol. The maximum absolute atomic E-state index is 13.7. The van der Waals surface area contributed by atoms with E-state index in [9.17, 15) is 13.2 Å². The Kier molecular flexibility index (Phi) is 6.17. The molecule has 0 fully saturated rings. The zero-order valence-corrected chi connectivity index (χ0v) is 20.9. The average Bonchev–Trinajstić information content (AvgIpc) is 3.39. The van der Waals surface area contributed by atoms with E-state index in [-0.39, 0.29) is 40.3 Å². The Hall–Kier alpha value is -4.58. The van der Waals surface area contributed by atoms with E-state index in [1.807, 2.05) is 0 Å². The van der Waals surface area contributed by atoms with E-state index in [1.54, 1.807) is 54.6 Å². The number of para-hydroxylation sites is 4.